The van der Waals surface area contributed by atoms with Crippen molar-refractivity contribution in [2.24, 2.45) is 4.99 Å². The number of aromatic nitrogens is 1. The molecule has 0 saturated heterocycles. The third-order valence-corrected chi connectivity index (χ3v) is 7.83. The van der Waals surface area contributed by atoms with E-state index in [0.29, 0.717) is 27.4 Å². The first-order valence-electron chi connectivity index (χ1n) is 12.3. The quantitative estimate of drug-likeness (QED) is 0.384. The number of fused-ring (bicyclic) bond motifs is 3. The van der Waals surface area contributed by atoms with Gasteiger partial charge in [-0.25, -0.2) is 9.38 Å². The lowest BCUT2D eigenvalue weighted by Gasteiger charge is -2.30. The molecular formula is C30H25FN2O3S. The van der Waals surface area contributed by atoms with E-state index in [-0.39, 0.29) is 17.4 Å². The Hall–Kier alpha value is -3.97. The number of benzene rings is 3. The van der Waals surface area contributed by atoms with Gasteiger partial charge in [0.1, 0.15) is 5.82 Å². The van der Waals surface area contributed by atoms with Gasteiger partial charge in [0.2, 0.25) is 0 Å². The minimum atomic E-state index is -0.336. The molecule has 2 aliphatic rings. The van der Waals surface area contributed by atoms with Gasteiger partial charge >= 0.3 is 0 Å². The van der Waals surface area contributed by atoms with Crippen LogP contribution in [0.15, 0.2) is 82.1 Å². The van der Waals surface area contributed by atoms with Crippen molar-refractivity contribution in [3.05, 3.63) is 120 Å². The first-order chi connectivity index (χ1) is 18.1. The predicted molar refractivity (Wildman–Crippen MR) is 143 cm³/mol. The maximum absolute atomic E-state index is 13.8. The van der Waals surface area contributed by atoms with Crippen molar-refractivity contribution in [3.8, 4) is 11.5 Å². The third kappa shape index (κ3) is 4.09. The normalized spacial score (nSPS) is 16.5. The van der Waals surface area contributed by atoms with E-state index >= 15 is 0 Å². The summed E-state index contributed by atoms with van der Waals surface area (Å²) in [6, 6.07) is 20.0. The molecule has 2 heterocycles. The molecule has 6 rings (SSSR count). The number of halogens is 1. The molecule has 0 spiro atoms. The highest BCUT2D eigenvalue weighted by molar-refractivity contribution is 7.07. The number of nitrogens with zero attached hydrogens (tertiary/aromatic N) is 2. The molecule has 1 atom stereocenters. The molecule has 1 aromatic heterocycles. The van der Waals surface area contributed by atoms with Crippen molar-refractivity contribution in [2.45, 2.75) is 25.8 Å². The van der Waals surface area contributed by atoms with E-state index in [0.717, 1.165) is 40.8 Å². The molecule has 0 amide bonds. The molecule has 1 unspecified atom stereocenters. The summed E-state index contributed by atoms with van der Waals surface area (Å²) in [5, 5.41) is 0. The van der Waals surface area contributed by atoms with Crippen LogP contribution in [-0.2, 0) is 6.42 Å². The van der Waals surface area contributed by atoms with Crippen LogP contribution >= 0.6 is 11.3 Å². The van der Waals surface area contributed by atoms with Gasteiger partial charge in [-0.1, -0.05) is 53.8 Å². The van der Waals surface area contributed by atoms with Crippen molar-refractivity contribution in [1.82, 2.24) is 4.57 Å². The first kappa shape index (κ1) is 23.4. The predicted octanol–water partition coefficient (Wildman–Crippen LogP) is 4.87. The van der Waals surface area contributed by atoms with Gasteiger partial charge in [-0.05, 0) is 72.4 Å². The molecule has 7 heteroatoms. The van der Waals surface area contributed by atoms with Crippen LogP contribution in [-0.4, -0.2) is 18.3 Å². The second-order valence-electron chi connectivity index (χ2n) is 9.01. The van der Waals surface area contributed by atoms with Crippen LogP contribution in [0.4, 0.5) is 4.39 Å². The van der Waals surface area contributed by atoms with Gasteiger partial charge in [0.25, 0.3) is 5.56 Å². The minimum Gasteiger partial charge on any atom is -0.493 e. The highest BCUT2D eigenvalue weighted by Gasteiger charge is 2.32. The number of methoxy groups -OCH3 is 1. The van der Waals surface area contributed by atoms with E-state index in [1.54, 1.807) is 23.8 Å². The second kappa shape index (κ2) is 9.48. The van der Waals surface area contributed by atoms with E-state index in [4.69, 9.17) is 14.5 Å². The molecule has 1 aliphatic heterocycles. The lowest BCUT2D eigenvalue weighted by atomic mass is 9.83. The summed E-state index contributed by atoms with van der Waals surface area (Å²) < 4.78 is 27.3. The third-order valence-electron chi connectivity index (χ3n) is 6.84. The summed E-state index contributed by atoms with van der Waals surface area (Å²) in [5.74, 6) is 0.967. The molecule has 37 heavy (non-hydrogen) atoms. The van der Waals surface area contributed by atoms with Crippen molar-refractivity contribution in [2.75, 3.05) is 13.7 Å². The Balaban J connectivity index is 1.56. The van der Waals surface area contributed by atoms with Crippen LogP contribution in [0.25, 0.3) is 11.8 Å². The van der Waals surface area contributed by atoms with Gasteiger partial charge in [-0.2, -0.15) is 0 Å². The molecule has 0 N–H and O–H groups in total. The van der Waals surface area contributed by atoms with Crippen LogP contribution < -0.4 is 24.4 Å². The number of ether oxygens (including phenoxy) is 2. The Morgan fingerprint density at radius 2 is 1.89 bits per heavy atom. The van der Waals surface area contributed by atoms with E-state index in [9.17, 15) is 9.18 Å². The van der Waals surface area contributed by atoms with Crippen LogP contribution in [0.1, 0.15) is 41.6 Å². The highest BCUT2D eigenvalue weighted by Crippen LogP contribution is 2.41. The summed E-state index contributed by atoms with van der Waals surface area (Å²) in [7, 11) is 1.60. The number of allylic oxidation sites excluding steroid dienone is 1. The monoisotopic (exact) mass is 512 g/mol. The van der Waals surface area contributed by atoms with Crippen LogP contribution in [0.5, 0.6) is 11.5 Å². The zero-order valence-electron chi connectivity index (χ0n) is 20.5. The molecule has 0 fully saturated rings. The van der Waals surface area contributed by atoms with Crippen molar-refractivity contribution >= 4 is 23.1 Å². The van der Waals surface area contributed by atoms with Gasteiger partial charge < -0.3 is 9.47 Å². The van der Waals surface area contributed by atoms with E-state index < -0.39 is 0 Å². The van der Waals surface area contributed by atoms with Crippen molar-refractivity contribution in [1.29, 1.82) is 0 Å². The Bertz CT molecular complexity index is 1720. The Morgan fingerprint density at radius 1 is 1.08 bits per heavy atom. The summed E-state index contributed by atoms with van der Waals surface area (Å²) in [6.07, 6.45) is 3.52. The Kier molecular flexibility index (Phi) is 6.00. The van der Waals surface area contributed by atoms with E-state index in [1.807, 2.05) is 43.3 Å². The van der Waals surface area contributed by atoms with Gasteiger partial charge in [0.15, 0.2) is 16.3 Å². The zero-order chi connectivity index (χ0) is 25.5. The molecule has 4 aromatic rings. The number of hydrogen-bond donors (Lipinski definition) is 0. The number of hydrogen-bond acceptors (Lipinski definition) is 5. The molecule has 5 nitrogen and oxygen atoms in total. The fourth-order valence-corrected chi connectivity index (χ4v) is 6.17. The van der Waals surface area contributed by atoms with Crippen molar-refractivity contribution in [3.63, 3.8) is 0 Å². The largest absolute Gasteiger partial charge is 0.493 e. The summed E-state index contributed by atoms with van der Waals surface area (Å²) in [4.78, 5) is 19.5. The first-order valence-corrected chi connectivity index (χ1v) is 13.1. The van der Waals surface area contributed by atoms with Crippen LogP contribution in [0.3, 0.4) is 0 Å². The molecule has 1 aliphatic carbocycles. The average molecular weight is 513 g/mol. The van der Waals surface area contributed by atoms with Gasteiger partial charge in [-0.3, -0.25) is 9.36 Å². The average Bonchev–Trinajstić information content (AvgIpc) is 3.23. The molecular weight excluding hydrogens is 487 g/mol. The van der Waals surface area contributed by atoms with Crippen molar-refractivity contribution < 1.29 is 13.9 Å². The fourth-order valence-electron chi connectivity index (χ4n) is 5.17. The minimum absolute atomic E-state index is 0.115. The molecule has 0 saturated carbocycles. The summed E-state index contributed by atoms with van der Waals surface area (Å²) in [5.41, 5.74) is 5.96. The summed E-state index contributed by atoms with van der Waals surface area (Å²) in [6.45, 7) is 2.45. The lowest BCUT2D eigenvalue weighted by molar-refractivity contribution is 0.311. The maximum Gasteiger partial charge on any atom is 0.271 e. The molecule has 3 aromatic carbocycles. The lowest BCUT2D eigenvalue weighted by Crippen LogP contribution is -2.38. The number of thiazole rings is 1. The highest BCUT2D eigenvalue weighted by atomic mass is 32.1. The zero-order valence-corrected chi connectivity index (χ0v) is 21.3. The fraction of sp³-hybridized carbons (Fsp3) is 0.200. The van der Waals surface area contributed by atoms with Gasteiger partial charge in [-0.15, -0.1) is 0 Å². The SMILES string of the molecule is CCOc1ccc(C=c2sc3n(c2=O)C(c2ccc(F)cc2)C2=C(N=3)c3ccccc3CC2)cc1OC. The van der Waals surface area contributed by atoms with Crippen LogP contribution in [0.2, 0.25) is 0 Å². The van der Waals surface area contributed by atoms with Crippen LogP contribution in [0, 0.1) is 5.82 Å². The summed E-state index contributed by atoms with van der Waals surface area (Å²) >= 11 is 1.36. The smallest absolute Gasteiger partial charge is 0.271 e. The maximum atomic E-state index is 13.8. The van der Waals surface area contributed by atoms with E-state index in [2.05, 4.69) is 12.1 Å². The molecule has 0 radical (unpaired) electrons. The van der Waals surface area contributed by atoms with Gasteiger partial charge in [0, 0.05) is 5.56 Å². The molecule has 0 bridgehead atoms. The standard InChI is InChI=1S/C30H25FN2O3S/c1-3-36-24-15-8-18(16-25(24)35-2)17-26-29(34)33-28(20-9-12-21(31)13-10-20)23-14-11-19-6-4-5-7-22(19)27(23)32-30(33)37-26/h4-10,12-13,15-17,28H,3,11,14H2,1-2H3. The second-order valence-corrected chi connectivity index (χ2v) is 10.0. The number of aryl methyl sites for hydroxylation is 1. The topological polar surface area (TPSA) is 52.8 Å². The Morgan fingerprint density at radius 3 is 2.68 bits per heavy atom. The Labute approximate surface area is 217 Å². The molecule has 186 valence electrons. The van der Waals surface area contributed by atoms with Gasteiger partial charge in [0.05, 0.1) is 30.0 Å². The van der Waals surface area contributed by atoms with E-state index in [1.165, 1.54) is 29.0 Å². The number of rotatable bonds is 5.